The average Bonchev–Trinajstić information content (AvgIpc) is 3.15. The summed E-state index contributed by atoms with van der Waals surface area (Å²) in [6, 6.07) is 2.52. The number of halogens is 2. The van der Waals surface area contributed by atoms with Crippen molar-refractivity contribution in [2.24, 2.45) is 0 Å². The van der Waals surface area contributed by atoms with Crippen LogP contribution in [0.5, 0.6) is 0 Å². The number of carbonyl (C=O) groups is 1. The van der Waals surface area contributed by atoms with Crippen LogP contribution in [0.15, 0.2) is 29.1 Å². The fourth-order valence-electron chi connectivity index (χ4n) is 3.24. The van der Waals surface area contributed by atoms with Crippen LogP contribution in [-0.4, -0.2) is 41.5 Å². The number of benzene rings is 1. The minimum atomic E-state index is -0.616. The van der Waals surface area contributed by atoms with Crippen LogP contribution in [0.2, 0.25) is 0 Å². The zero-order valence-electron chi connectivity index (χ0n) is 12.5. The van der Waals surface area contributed by atoms with Crippen molar-refractivity contribution in [2.75, 3.05) is 0 Å². The van der Waals surface area contributed by atoms with Crippen LogP contribution in [0.1, 0.15) is 23.9 Å². The quantitative estimate of drug-likeness (QED) is 0.667. The summed E-state index contributed by atoms with van der Waals surface area (Å²) in [4.78, 5) is 16.7. The van der Waals surface area contributed by atoms with Crippen LogP contribution >= 0.6 is 15.9 Å². The van der Waals surface area contributed by atoms with Crippen LogP contribution in [-0.2, 0) is 17.8 Å². The van der Waals surface area contributed by atoms with Gasteiger partial charge in [-0.3, -0.25) is 0 Å². The van der Waals surface area contributed by atoms with Crippen molar-refractivity contribution < 1.29 is 9.18 Å². The zero-order chi connectivity index (χ0) is 16.1. The molecule has 0 N–H and O–H groups in total. The Morgan fingerprint density at radius 2 is 2.26 bits per heavy atom. The molecule has 1 aromatic carbocycles. The summed E-state index contributed by atoms with van der Waals surface area (Å²) in [7, 11) is 0. The third-order valence-electron chi connectivity index (χ3n) is 4.26. The SMILES string of the molecule is [Li][C](=O)C(c1ncn2c1CCC2)n1cc2c(F)cc(Br)cc2n1. The van der Waals surface area contributed by atoms with Crippen molar-refractivity contribution in [2.45, 2.75) is 25.4 Å². The number of nitrogens with zero attached hydrogens (tertiary/aromatic N) is 4. The molecule has 0 fully saturated rings. The summed E-state index contributed by atoms with van der Waals surface area (Å²) in [5.41, 5.74) is 2.31. The number of aromatic nitrogens is 4. The third-order valence-corrected chi connectivity index (χ3v) is 4.71. The number of fused-ring (bicyclic) bond motifs is 2. The second kappa shape index (κ2) is 5.59. The maximum absolute atomic E-state index is 14.1. The van der Waals surface area contributed by atoms with Gasteiger partial charge in [-0.2, -0.15) is 0 Å². The van der Waals surface area contributed by atoms with Crippen molar-refractivity contribution >= 4 is 49.0 Å². The van der Waals surface area contributed by atoms with Gasteiger partial charge in [-0.05, 0) is 0 Å². The van der Waals surface area contributed by atoms with Gasteiger partial charge < -0.3 is 0 Å². The normalized spacial score (nSPS) is 15.1. The van der Waals surface area contributed by atoms with E-state index >= 15 is 0 Å². The van der Waals surface area contributed by atoms with E-state index in [2.05, 4.69) is 30.6 Å². The summed E-state index contributed by atoms with van der Waals surface area (Å²) in [6.07, 6.45) is 5.32. The molecule has 0 aliphatic carbocycles. The Hall–Kier alpha value is -1.42. The second-order valence-corrected chi connectivity index (χ2v) is 6.73. The Morgan fingerprint density at radius 3 is 3.04 bits per heavy atom. The average molecular weight is 369 g/mol. The van der Waals surface area contributed by atoms with Crippen molar-refractivity contribution in [3.8, 4) is 0 Å². The summed E-state index contributed by atoms with van der Waals surface area (Å²) in [5, 5.41) is 4.81. The predicted molar refractivity (Wildman–Crippen MR) is 86.8 cm³/mol. The molecule has 0 bridgehead atoms. The molecule has 3 heterocycles. The first-order chi connectivity index (χ1) is 11.0. The zero-order valence-corrected chi connectivity index (χ0v) is 14.0. The van der Waals surface area contributed by atoms with Crippen LogP contribution in [0, 0.1) is 5.82 Å². The van der Waals surface area contributed by atoms with Crippen LogP contribution < -0.4 is 0 Å². The number of imidazole rings is 1. The first kappa shape index (κ1) is 15.1. The fraction of sp³-hybridized carbons (Fsp3) is 0.267. The molecule has 0 spiro atoms. The summed E-state index contributed by atoms with van der Waals surface area (Å²) in [6.45, 7) is 0.926. The number of carbonyl (C=O) groups excluding carboxylic acids is 1. The molecule has 1 unspecified atom stereocenters. The Bertz CT molecular complexity index is 935. The van der Waals surface area contributed by atoms with Gasteiger partial charge in [-0.1, -0.05) is 0 Å². The summed E-state index contributed by atoms with van der Waals surface area (Å²) < 4.78 is 18.3. The number of hydrogen-bond donors (Lipinski definition) is 0. The molecular weight excluding hydrogens is 358 g/mol. The summed E-state index contributed by atoms with van der Waals surface area (Å²) in [5.74, 6) is -0.363. The van der Waals surface area contributed by atoms with Gasteiger partial charge in [0.05, 0.1) is 0 Å². The van der Waals surface area contributed by atoms with Crippen LogP contribution in [0.4, 0.5) is 4.39 Å². The predicted octanol–water partition coefficient (Wildman–Crippen LogP) is 2.37. The van der Waals surface area contributed by atoms with E-state index in [-0.39, 0.29) is 10.3 Å². The van der Waals surface area contributed by atoms with Gasteiger partial charge in [0.15, 0.2) is 0 Å². The molecule has 8 heteroatoms. The van der Waals surface area contributed by atoms with Gasteiger partial charge >= 0.3 is 149 Å². The Morgan fingerprint density at radius 1 is 1.43 bits per heavy atom. The molecule has 1 aliphatic heterocycles. The molecule has 0 radical (unpaired) electrons. The number of hydrogen-bond acceptors (Lipinski definition) is 3. The topological polar surface area (TPSA) is 52.7 Å². The van der Waals surface area contributed by atoms with E-state index in [1.54, 1.807) is 18.6 Å². The minimum absolute atomic E-state index is 0.0642. The molecule has 4 rings (SSSR count). The van der Waals surface area contributed by atoms with E-state index in [1.165, 1.54) is 28.5 Å². The van der Waals surface area contributed by atoms with Gasteiger partial charge in [0.25, 0.3) is 0 Å². The van der Waals surface area contributed by atoms with E-state index in [4.69, 9.17) is 0 Å². The van der Waals surface area contributed by atoms with Crippen molar-refractivity contribution in [3.05, 3.63) is 46.3 Å². The van der Waals surface area contributed by atoms with Gasteiger partial charge in [-0.25, -0.2) is 0 Å². The monoisotopic (exact) mass is 368 g/mol. The molecule has 112 valence electrons. The van der Waals surface area contributed by atoms with Gasteiger partial charge in [0, 0.05) is 0 Å². The molecule has 5 nitrogen and oxygen atoms in total. The first-order valence-corrected chi connectivity index (χ1v) is 8.22. The van der Waals surface area contributed by atoms with Crippen molar-refractivity contribution in [1.82, 2.24) is 19.3 Å². The molecule has 1 atom stereocenters. The number of rotatable bonds is 3. The number of aryl methyl sites for hydroxylation is 1. The molecule has 0 saturated carbocycles. The Kier molecular flexibility index (Phi) is 3.67. The molecule has 2 aromatic heterocycles. The van der Waals surface area contributed by atoms with E-state index in [0.29, 0.717) is 15.4 Å². The Labute approximate surface area is 149 Å². The van der Waals surface area contributed by atoms with Crippen LogP contribution in [0.3, 0.4) is 0 Å². The Balaban J connectivity index is 1.88. The van der Waals surface area contributed by atoms with Crippen LogP contribution in [0.25, 0.3) is 10.9 Å². The standard InChI is InChI=1S/C15H11BrFN4O.Li/c16-9-4-11(17)10-6-21(19-12(10)5-9)14(7-22)15-13-2-1-3-20(13)8-18-15;/h4-6,8,14H,1-3H2;. The first-order valence-electron chi connectivity index (χ1n) is 7.43. The molecule has 3 aromatic rings. The van der Waals surface area contributed by atoms with E-state index in [9.17, 15) is 9.18 Å². The van der Waals surface area contributed by atoms with Gasteiger partial charge in [-0.15, -0.1) is 0 Å². The second-order valence-electron chi connectivity index (χ2n) is 5.82. The van der Waals surface area contributed by atoms with E-state index in [0.717, 1.165) is 30.8 Å². The molecular formula is C15H11BrFLiN4O. The van der Waals surface area contributed by atoms with Gasteiger partial charge in [0.1, 0.15) is 0 Å². The fourth-order valence-corrected chi connectivity index (χ4v) is 3.65. The van der Waals surface area contributed by atoms with Gasteiger partial charge in [0.2, 0.25) is 0 Å². The maximum atomic E-state index is 14.1. The summed E-state index contributed by atoms with van der Waals surface area (Å²) >= 11 is 4.78. The van der Waals surface area contributed by atoms with Crippen molar-refractivity contribution in [3.63, 3.8) is 0 Å². The van der Waals surface area contributed by atoms with E-state index < -0.39 is 6.04 Å². The van der Waals surface area contributed by atoms with Crippen molar-refractivity contribution in [1.29, 1.82) is 0 Å². The van der Waals surface area contributed by atoms with E-state index in [1.807, 2.05) is 0 Å². The third kappa shape index (κ3) is 2.47. The molecule has 0 saturated heterocycles. The molecule has 1 aliphatic rings. The molecule has 0 amide bonds. The molecule has 23 heavy (non-hydrogen) atoms.